The second-order valence-electron chi connectivity index (χ2n) is 4.29. The SMILES string of the molecule is CC1CCC2C(=O)OC(=O)C2C1C(=O)O. The van der Waals surface area contributed by atoms with Crippen LogP contribution in [0.15, 0.2) is 0 Å². The van der Waals surface area contributed by atoms with E-state index in [4.69, 9.17) is 5.11 Å². The van der Waals surface area contributed by atoms with Crippen LogP contribution in [0.1, 0.15) is 19.8 Å². The lowest BCUT2D eigenvalue weighted by Crippen LogP contribution is -2.40. The summed E-state index contributed by atoms with van der Waals surface area (Å²) in [6, 6.07) is 0. The summed E-state index contributed by atoms with van der Waals surface area (Å²) in [5.41, 5.74) is 0. The second kappa shape index (κ2) is 3.32. The predicted octanol–water partition coefficient (Wildman–Crippen LogP) is 0.433. The highest BCUT2D eigenvalue weighted by Crippen LogP contribution is 2.43. The van der Waals surface area contributed by atoms with Crippen molar-refractivity contribution in [1.29, 1.82) is 0 Å². The van der Waals surface area contributed by atoms with Gasteiger partial charge in [-0.3, -0.25) is 14.4 Å². The molecule has 0 aromatic heterocycles. The molecule has 1 aliphatic carbocycles. The van der Waals surface area contributed by atoms with Crippen molar-refractivity contribution in [3.63, 3.8) is 0 Å². The fourth-order valence-corrected chi connectivity index (χ4v) is 2.62. The third-order valence-corrected chi connectivity index (χ3v) is 3.43. The van der Waals surface area contributed by atoms with Gasteiger partial charge in [-0.1, -0.05) is 6.92 Å². The highest BCUT2D eigenvalue weighted by Gasteiger charge is 2.54. The molecule has 0 spiro atoms. The third kappa shape index (κ3) is 1.42. The van der Waals surface area contributed by atoms with Crippen molar-refractivity contribution in [2.24, 2.45) is 23.7 Å². The van der Waals surface area contributed by atoms with E-state index >= 15 is 0 Å². The third-order valence-electron chi connectivity index (χ3n) is 3.43. The van der Waals surface area contributed by atoms with Crippen LogP contribution in [-0.2, 0) is 19.1 Å². The standard InChI is InChI=1S/C10H12O5/c1-4-2-3-5-7(6(4)8(11)12)10(14)15-9(5)13/h4-7H,2-3H2,1H3,(H,11,12). The number of carboxylic acid groups (broad SMARTS) is 1. The Morgan fingerprint density at radius 1 is 1.33 bits per heavy atom. The predicted molar refractivity (Wildman–Crippen MR) is 47.6 cm³/mol. The Balaban J connectivity index is 2.32. The molecule has 4 atom stereocenters. The van der Waals surface area contributed by atoms with Crippen LogP contribution in [0.2, 0.25) is 0 Å². The van der Waals surface area contributed by atoms with Crippen LogP contribution < -0.4 is 0 Å². The van der Waals surface area contributed by atoms with Crippen molar-refractivity contribution in [2.75, 3.05) is 0 Å². The molecule has 1 aliphatic heterocycles. The van der Waals surface area contributed by atoms with Gasteiger partial charge in [-0.25, -0.2) is 0 Å². The van der Waals surface area contributed by atoms with Gasteiger partial charge in [-0.2, -0.15) is 0 Å². The lowest BCUT2D eigenvalue weighted by molar-refractivity contribution is -0.157. The maximum absolute atomic E-state index is 11.4. The smallest absolute Gasteiger partial charge is 0.318 e. The zero-order valence-electron chi connectivity index (χ0n) is 8.30. The van der Waals surface area contributed by atoms with E-state index in [9.17, 15) is 14.4 Å². The van der Waals surface area contributed by atoms with E-state index in [0.717, 1.165) is 0 Å². The van der Waals surface area contributed by atoms with Crippen molar-refractivity contribution in [2.45, 2.75) is 19.8 Å². The van der Waals surface area contributed by atoms with Crippen molar-refractivity contribution in [1.82, 2.24) is 0 Å². The molecular formula is C10H12O5. The minimum atomic E-state index is -1.01. The summed E-state index contributed by atoms with van der Waals surface area (Å²) in [4.78, 5) is 33.7. The molecule has 0 amide bonds. The Hall–Kier alpha value is -1.39. The lowest BCUT2D eigenvalue weighted by atomic mass is 9.68. The highest BCUT2D eigenvalue weighted by molar-refractivity contribution is 5.98. The number of cyclic esters (lactones) is 2. The van der Waals surface area contributed by atoms with Crippen molar-refractivity contribution in [3.05, 3.63) is 0 Å². The fourth-order valence-electron chi connectivity index (χ4n) is 2.62. The van der Waals surface area contributed by atoms with Crippen LogP contribution in [0, 0.1) is 23.7 Å². The molecule has 5 heteroatoms. The Morgan fingerprint density at radius 2 is 2.00 bits per heavy atom. The Bertz CT molecular complexity index is 335. The van der Waals surface area contributed by atoms with Gasteiger partial charge in [-0.15, -0.1) is 0 Å². The first-order valence-electron chi connectivity index (χ1n) is 5.00. The maximum Gasteiger partial charge on any atom is 0.318 e. The molecule has 2 rings (SSSR count). The van der Waals surface area contributed by atoms with Gasteiger partial charge in [-0.05, 0) is 18.8 Å². The van der Waals surface area contributed by atoms with E-state index in [1.165, 1.54) is 0 Å². The molecule has 4 unspecified atom stereocenters. The topological polar surface area (TPSA) is 80.7 Å². The number of ether oxygens (including phenoxy) is 1. The molecule has 1 saturated carbocycles. The van der Waals surface area contributed by atoms with E-state index in [1.807, 2.05) is 0 Å². The maximum atomic E-state index is 11.4. The average molecular weight is 212 g/mol. The van der Waals surface area contributed by atoms with Gasteiger partial charge in [0.25, 0.3) is 0 Å². The molecule has 2 aliphatic rings. The van der Waals surface area contributed by atoms with Gasteiger partial charge in [0.05, 0.1) is 17.8 Å². The first kappa shape index (κ1) is 10.1. The summed E-state index contributed by atoms with van der Waals surface area (Å²) in [6.45, 7) is 1.80. The zero-order valence-corrected chi connectivity index (χ0v) is 8.30. The van der Waals surface area contributed by atoms with Crippen LogP contribution in [0.3, 0.4) is 0 Å². The molecule has 0 bridgehead atoms. The van der Waals surface area contributed by atoms with Crippen LogP contribution >= 0.6 is 0 Å². The molecule has 0 aromatic rings. The van der Waals surface area contributed by atoms with E-state index < -0.39 is 35.7 Å². The van der Waals surface area contributed by atoms with Crippen LogP contribution in [0.5, 0.6) is 0 Å². The fraction of sp³-hybridized carbons (Fsp3) is 0.700. The largest absolute Gasteiger partial charge is 0.481 e. The minimum Gasteiger partial charge on any atom is -0.481 e. The van der Waals surface area contributed by atoms with Crippen molar-refractivity contribution in [3.8, 4) is 0 Å². The Labute approximate surface area is 86.4 Å². The second-order valence-corrected chi connectivity index (χ2v) is 4.29. The number of rotatable bonds is 1. The number of carbonyl (C=O) groups excluding carboxylic acids is 2. The van der Waals surface area contributed by atoms with Crippen LogP contribution in [0.4, 0.5) is 0 Å². The normalized spacial score (nSPS) is 39.8. The highest BCUT2D eigenvalue weighted by atomic mass is 16.6. The van der Waals surface area contributed by atoms with Crippen LogP contribution in [-0.4, -0.2) is 23.0 Å². The monoisotopic (exact) mass is 212 g/mol. The molecule has 5 nitrogen and oxygen atoms in total. The number of hydrogen-bond acceptors (Lipinski definition) is 4. The van der Waals surface area contributed by atoms with Crippen molar-refractivity contribution < 1.29 is 24.2 Å². The molecule has 82 valence electrons. The number of hydrogen-bond donors (Lipinski definition) is 1. The van der Waals surface area contributed by atoms with E-state index in [2.05, 4.69) is 4.74 Å². The Kier molecular flexibility index (Phi) is 2.25. The summed E-state index contributed by atoms with van der Waals surface area (Å²) in [5, 5.41) is 9.04. The zero-order chi connectivity index (χ0) is 11.2. The summed E-state index contributed by atoms with van der Waals surface area (Å²) >= 11 is 0. The van der Waals surface area contributed by atoms with Crippen LogP contribution in [0.25, 0.3) is 0 Å². The lowest BCUT2D eigenvalue weighted by Gasteiger charge is -2.31. The number of fused-ring (bicyclic) bond motifs is 1. The van der Waals surface area contributed by atoms with Crippen molar-refractivity contribution >= 4 is 17.9 Å². The van der Waals surface area contributed by atoms with Gasteiger partial charge in [0.1, 0.15) is 0 Å². The molecule has 0 radical (unpaired) electrons. The Morgan fingerprint density at radius 3 is 2.60 bits per heavy atom. The van der Waals surface area contributed by atoms with Gasteiger partial charge >= 0.3 is 17.9 Å². The molecule has 1 saturated heterocycles. The summed E-state index contributed by atoms with van der Waals surface area (Å²) < 4.78 is 4.50. The molecule has 1 N–H and O–H groups in total. The minimum absolute atomic E-state index is 0.0813. The summed E-state index contributed by atoms with van der Waals surface area (Å²) in [7, 11) is 0. The van der Waals surface area contributed by atoms with Gasteiger partial charge in [0, 0.05) is 0 Å². The molecule has 15 heavy (non-hydrogen) atoms. The molecule has 1 heterocycles. The summed E-state index contributed by atoms with van der Waals surface area (Å²) in [6.07, 6.45) is 1.21. The number of carbonyl (C=O) groups is 3. The first-order chi connectivity index (χ1) is 7.02. The quantitative estimate of drug-likeness (QED) is 0.503. The first-order valence-corrected chi connectivity index (χ1v) is 5.00. The molecule has 0 aromatic carbocycles. The van der Waals surface area contributed by atoms with Gasteiger partial charge in [0.2, 0.25) is 0 Å². The van der Waals surface area contributed by atoms with Gasteiger partial charge in [0.15, 0.2) is 0 Å². The number of carboxylic acids is 1. The van der Waals surface area contributed by atoms with E-state index in [1.54, 1.807) is 6.92 Å². The summed E-state index contributed by atoms with van der Waals surface area (Å²) in [5.74, 6) is -4.38. The van der Waals surface area contributed by atoms with E-state index in [-0.39, 0.29) is 5.92 Å². The number of esters is 2. The molecule has 2 fully saturated rings. The van der Waals surface area contributed by atoms with E-state index in [0.29, 0.717) is 12.8 Å². The van der Waals surface area contributed by atoms with Gasteiger partial charge < -0.3 is 9.84 Å². The average Bonchev–Trinajstić information content (AvgIpc) is 2.41. The molecular weight excluding hydrogens is 200 g/mol. The number of aliphatic carboxylic acids is 1.